The minimum Gasteiger partial charge on any atom is -0.339 e. The third-order valence-corrected chi connectivity index (χ3v) is 5.57. The summed E-state index contributed by atoms with van der Waals surface area (Å²) in [6.45, 7) is 4.36. The fraction of sp³-hybridized carbons (Fsp3) is 0.500. The summed E-state index contributed by atoms with van der Waals surface area (Å²) in [4.78, 5) is 14.1. The van der Waals surface area contributed by atoms with Crippen molar-refractivity contribution >= 4 is 28.3 Å². The smallest absolute Gasteiger partial charge is 0.243 e. The predicted octanol–water partition coefficient (Wildman–Crippen LogP) is 0.469. The summed E-state index contributed by atoms with van der Waals surface area (Å²) in [6.07, 6.45) is 0. The number of amides is 1. The molecule has 22 heavy (non-hydrogen) atoms. The molecule has 0 bridgehead atoms. The van der Waals surface area contributed by atoms with Gasteiger partial charge in [0.2, 0.25) is 15.9 Å². The third-order valence-electron chi connectivity index (χ3n) is 3.61. The second-order valence-electron chi connectivity index (χ2n) is 5.16. The van der Waals surface area contributed by atoms with Crippen LogP contribution in [0.1, 0.15) is 5.56 Å². The van der Waals surface area contributed by atoms with Gasteiger partial charge in [-0.25, -0.2) is 8.42 Å². The Morgan fingerprint density at radius 3 is 2.45 bits per heavy atom. The van der Waals surface area contributed by atoms with Gasteiger partial charge in [0.05, 0.1) is 11.4 Å². The first-order valence-electron chi connectivity index (χ1n) is 6.93. The van der Waals surface area contributed by atoms with Crippen molar-refractivity contribution in [2.24, 2.45) is 0 Å². The largest absolute Gasteiger partial charge is 0.339 e. The zero-order valence-corrected chi connectivity index (χ0v) is 14.4. The van der Waals surface area contributed by atoms with Gasteiger partial charge in [0.15, 0.2) is 0 Å². The normalized spacial score (nSPS) is 15.5. The minimum atomic E-state index is -3.63. The van der Waals surface area contributed by atoms with Crippen molar-refractivity contribution < 1.29 is 13.2 Å². The molecule has 1 aromatic rings. The fourth-order valence-corrected chi connectivity index (χ4v) is 3.65. The van der Waals surface area contributed by atoms with Crippen LogP contribution in [0.25, 0.3) is 0 Å². The number of carbonyl (C=O) groups excluding carboxylic acids is 1. The van der Waals surface area contributed by atoms with Crippen LogP contribution in [0.2, 0.25) is 0 Å². The quantitative estimate of drug-likeness (QED) is 0.859. The van der Waals surface area contributed by atoms with E-state index in [0.717, 1.165) is 17.4 Å². The van der Waals surface area contributed by atoms with Crippen molar-refractivity contribution in [1.82, 2.24) is 14.5 Å². The van der Waals surface area contributed by atoms with Gasteiger partial charge < -0.3 is 10.2 Å². The number of halogens is 1. The number of nitrogens with zero attached hydrogens (tertiary/aromatic N) is 2. The molecule has 1 heterocycles. The van der Waals surface area contributed by atoms with E-state index in [9.17, 15) is 13.2 Å². The van der Waals surface area contributed by atoms with Crippen LogP contribution in [0.3, 0.4) is 0 Å². The Labute approximate surface area is 137 Å². The van der Waals surface area contributed by atoms with Gasteiger partial charge in [0.1, 0.15) is 0 Å². The number of piperazine rings is 1. The third kappa shape index (κ3) is 4.19. The van der Waals surface area contributed by atoms with Crippen LogP contribution in [-0.4, -0.2) is 63.3 Å². The molecule has 0 saturated carbocycles. The Morgan fingerprint density at radius 2 is 1.86 bits per heavy atom. The van der Waals surface area contributed by atoms with E-state index < -0.39 is 10.0 Å². The Morgan fingerprint density at radius 1 is 1.27 bits per heavy atom. The van der Waals surface area contributed by atoms with Crippen molar-refractivity contribution in [3.63, 3.8) is 0 Å². The molecule has 1 aromatic carbocycles. The molecule has 0 unspecified atom stereocenters. The maximum atomic E-state index is 12.5. The maximum absolute atomic E-state index is 12.5. The summed E-state index contributed by atoms with van der Waals surface area (Å²) in [6, 6.07) is 6.79. The van der Waals surface area contributed by atoms with Crippen molar-refractivity contribution in [1.29, 1.82) is 0 Å². The maximum Gasteiger partial charge on any atom is 0.243 e. The van der Waals surface area contributed by atoms with Crippen molar-refractivity contribution in [3.05, 3.63) is 29.8 Å². The zero-order chi connectivity index (χ0) is 15.5. The lowest BCUT2D eigenvalue weighted by atomic mass is 10.2. The van der Waals surface area contributed by atoms with E-state index in [-0.39, 0.29) is 29.8 Å². The second-order valence-corrected chi connectivity index (χ2v) is 7.17. The fourth-order valence-electron chi connectivity index (χ4n) is 2.30. The number of hydrogen-bond donors (Lipinski definition) is 1. The highest BCUT2D eigenvalue weighted by molar-refractivity contribution is 7.89. The van der Waals surface area contributed by atoms with Crippen molar-refractivity contribution in [2.45, 2.75) is 11.8 Å². The van der Waals surface area contributed by atoms with E-state index in [1.54, 1.807) is 36.1 Å². The summed E-state index contributed by atoms with van der Waals surface area (Å²) in [7, 11) is -2.19. The van der Waals surface area contributed by atoms with E-state index in [2.05, 4.69) is 5.32 Å². The van der Waals surface area contributed by atoms with Crippen LogP contribution in [0.15, 0.2) is 29.2 Å². The molecule has 1 amide bonds. The standard InChI is InChI=1S/C14H21N3O3S.ClH/c1-12-5-3-4-6-13(12)21(19,20)16(2)11-14(18)17-9-7-15-8-10-17;/h3-6,15H,7-11H2,1-2H3;1H. The summed E-state index contributed by atoms with van der Waals surface area (Å²) in [5.41, 5.74) is 0.680. The summed E-state index contributed by atoms with van der Waals surface area (Å²) in [5.74, 6) is -0.156. The van der Waals surface area contributed by atoms with Gasteiger partial charge in [-0.1, -0.05) is 18.2 Å². The molecule has 1 aliphatic heterocycles. The number of hydrogen-bond acceptors (Lipinski definition) is 4. The highest BCUT2D eigenvalue weighted by Gasteiger charge is 2.26. The lowest BCUT2D eigenvalue weighted by Gasteiger charge is -2.29. The summed E-state index contributed by atoms with van der Waals surface area (Å²) >= 11 is 0. The number of likely N-dealkylation sites (N-methyl/N-ethyl adjacent to an activating group) is 1. The van der Waals surface area contributed by atoms with E-state index in [4.69, 9.17) is 0 Å². The molecule has 1 aliphatic rings. The van der Waals surface area contributed by atoms with E-state index in [1.807, 2.05) is 0 Å². The molecule has 0 aromatic heterocycles. The molecule has 1 saturated heterocycles. The van der Waals surface area contributed by atoms with Gasteiger partial charge in [-0.2, -0.15) is 4.31 Å². The number of rotatable bonds is 4. The Balaban J connectivity index is 0.00000242. The van der Waals surface area contributed by atoms with Gasteiger partial charge in [-0.3, -0.25) is 4.79 Å². The highest BCUT2D eigenvalue weighted by atomic mass is 35.5. The van der Waals surface area contributed by atoms with Gasteiger partial charge in [0, 0.05) is 33.2 Å². The molecular formula is C14H22ClN3O3S. The highest BCUT2D eigenvalue weighted by Crippen LogP contribution is 2.18. The van der Waals surface area contributed by atoms with Crippen LogP contribution in [0.5, 0.6) is 0 Å². The van der Waals surface area contributed by atoms with E-state index in [1.165, 1.54) is 7.05 Å². The van der Waals surface area contributed by atoms with Crippen LogP contribution in [-0.2, 0) is 14.8 Å². The number of sulfonamides is 1. The molecular weight excluding hydrogens is 326 g/mol. The molecule has 2 rings (SSSR count). The SMILES string of the molecule is Cc1ccccc1S(=O)(=O)N(C)CC(=O)N1CCNCC1.Cl. The van der Waals surface area contributed by atoms with Crippen LogP contribution in [0.4, 0.5) is 0 Å². The molecule has 0 aliphatic carbocycles. The topological polar surface area (TPSA) is 69.7 Å². The first-order chi connectivity index (χ1) is 9.93. The van der Waals surface area contributed by atoms with Gasteiger partial charge in [0.25, 0.3) is 0 Å². The first-order valence-corrected chi connectivity index (χ1v) is 8.37. The molecule has 1 fully saturated rings. The first kappa shape index (κ1) is 18.9. The summed E-state index contributed by atoms with van der Waals surface area (Å²) < 4.78 is 26.2. The van der Waals surface area contributed by atoms with E-state index in [0.29, 0.717) is 18.7 Å². The molecule has 124 valence electrons. The lowest BCUT2D eigenvalue weighted by molar-refractivity contribution is -0.131. The molecule has 8 heteroatoms. The van der Waals surface area contributed by atoms with Gasteiger partial charge in [-0.15, -0.1) is 12.4 Å². The lowest BCUT2D eigenvalue weighted by Crippen LogP contribution is -2.49. The zero-order valence-electron chi connectivity index (χ0n) is 12.8. The molecule has 0 radical (unpaired) electrons. The number of aryl methyl sites for hydroxylation is 1. The Kier molecular flexibility index (Phi) is 6.80. The second kappa shape index (κ2) is 7.92. The van der Waals surface area contributed by atoms with E-state index >= 15 is 0 Å². The van der Waals surface area contributed by atoms with Gasteiger partial charge in [-0.05, 0) is 18.6 Å². The molecule has 6 nitrogen and oxygen atoms in total. The van der Waals surface area contributed by atoms with Crippen molar-refractivity contribution in [2.75, 3.05) is 39.8 Å². The monoisotopic (exact) mass is 347 g/mol. The van der Waals surface area contributed by atoms with Crippen LogP contribution >= 0.6 is 12.4 Å². The Bertz CT molecular complexity index is 616. The molecule has 1 N–H and O–H groups in total. The number of nitrogens with one attached hydrogen (secondary N) is 1. The molecule has 0 spiro atoms. The average Bonchev–Trinajstić information content (AvgIpc) is 2.48. The van der Waals surface area contributed by atoms with Crippen LogP contribution in [0, 0.1) is 6.92 Å². The minimum absolute atomic E-state index is 0. The molecule has 0 atom stereocenters. The average molecular weight is 348 g/mol. The Hall–Kier alpha value is -1.15. The van der Waals surface area contributed by atoms with Gasteiger partial charge >= 0.3 is 0 Å². The van der Waals surface area contributed by atoms with Crippen molar-refractivity contribution in [3.8, 4) is 0 Å². The number of carbonyl (C=O) groups is 1. The summed E-state index contributed by atoms with van der Waals surface area (Å²) in [5, 5.41) is 3.16. The van der Waals surface area contributed by atoms with Crippen LogP contribution < -0.4 is 5.32 Å². The predicted molar refractivity (Wildman–Crippen MR) is 87.7 cm³/mol. The number of benzene rings is 1.